The van der Waals surface area contributed by atoms with E-state index < -0.39 is 5.60 Å². The van der Waals surface area contributed by atoms with Crippen molar-refractivity contribution in [3.63, 3.8) is 0 Å². The molecule has 1 aliphatic heterocycles. The molecule has 0 spiro atoms. The van der Waals surface area contributed by atoms with E-state index in [1.54, 1.807) is 13.3 Å². The van der Waals surface area contributed by atoms with Gasteiger partial charge in [0.2, 0.25) is 0 Å². The lowest BCUT2D eigenvalue weighted by Gasteiger charge is -2.30. The number of anilines is 2. The predicted octanol–water partition coefficient (Wildman–Crippen LogP) is 3.68. The molecule has 0 bridgehead atoms. The van der Waals surface area contributed by atoms with E-state index in [1.165, 1.54) is 0 Å². The van der Waals surface area contributed by atoms with Crippen molar-refractivity contribution < 1.29 is 19.0 Å². The maximum atomic E-state index is 13.1. The van der Waals surface area contributed by atoms with Crippen LogP contribution >= 0.6 is 0 Å². The first-order chi connectivity index (χ1) is 18.3. The standard InChI is InChI=1S/C29H35N5O4/c1-29(2,3)38-27(35)20-33(19-22-8-11-24(36-4)12-9-22)25-17-26(32-13-15-37-16-14-32)31-34-23(18-30-28(25)34)10-7-21-5-6-21/h8-9,11-12,17-18,21H,5-6,13-16,19-20H2,1-4H3. The Balaban J connectivity index is 1.58. The van der Waals surface area contributed by atoms with Crippen molar-refractivity contribution in [2.75, 3.05) is 49.8 Å². The van der Waals surface area contributed by atoms with Gasteiger partial charge in [0.15, 0.2) is 11.5 Å². The monoisotopic (exact) mass is 517 g/mol. The number of hydrogen-bond donors (Lipinski definition) is 0. The van der Waals surface area contributed by atoms with Crippen molar-refractivity contribution in [2.45, 2.75) is 45.8 Å². The van der Waals surface area contributed by atoms with Crippen molar-refractivity contribution in [1.29, 1.82) is 0 Å². The first-order valence-corrected chi connectivity index (χ1v) is 13.1. The summed E-state index contributed by atoms with van der Waals surface area (Å²) in [7, 11) is 1.65. The van der Waals surface area contributed by atoms with Gasteiger partial charge in [0.1, 0.15) is 23.6 Å². The summed E-state index contributed by atoms with van der Waals surface area (Å²) in [6.45, 7) is 8.91. The fourth-order valence-electron chi connectivity index (χ4n) is 4.32. The molecule has 3 heterocycles. The number of rotatable bonds is 7. The number of methoxy groups -OCH3 is 1. The van der Waals surface area contributed by atoms with Crippen LogP contribution in [0.25, 0.3) is 5.65 Å². The Morgan fingerprint density at radius 1 is 1.18 bits per heavy atom. The molecule has 200 valence electrons. The molecule has 2 aromatic heterocycles. The second kappa shape index (κ2) is 10.9. The minimum Gasteiger partial charge on any atom is -0.497 e. The number of nitrogens with zero attached hydrogens (tertiary/aromatic N) is 5. The summed E-state index contributed by atoms with van der Waals surface area (Å²) in [5, 5.41) is 4.93. The molecule has 9 heteroatoms. The highest BCUT2D eigenvalue weighted by molar-refractivity contribution is 5.81. The number of aromatic nitrogens is 3. The molecule has 2 aliphatic rings. The van der Waals surface area contributed by atoms with E-state index in [1.807, 2.05) is 60.5 Å². The Morgan fingerprint density at radius 2 is 1.92 bits per heavy atom. The zero-order chi connectivity index (χ0) is 26.7. The van der Waals surface area contributed by atoms with Gasteiger partial charge in [-0.3, -0.25) is 4.79 Å². The molecule has 1 aromatic carbocycles. The number of esters is 1. The maximum Gasteiger partial charge on any atom is 0.326 e. The van der Waals surface area contributed by atoms with Gasteiger partial charge in [-0.05, 0) is 57.2 Å². The quantitative estimate of drug-likeness (QED) is 0.347. The molecule has 0 amide bonds. The molecule has 2 fully saturated rings. The van der Waals surface area contributed by atoms with Gasteiger partial charge in [0.25, 0.3) is 0 Å². The average molecular weight is 518 g/mol. The number of imidazole rings is 1. The van der Waals surface area contributed by atoms with Crippen LogP contribution in [0.3, 0.4) is 0 Å². The third-order valence-electron chi connectivity index (χ3n) is 6.37. The smallest absolute Gasteiger partial charge is 0.326 e. The first kappa shape index (κ1) is 25.9. The highest BCUT2D eigenvalue weighted by Crippen LogP contribution is 2.30. The summed E-state index contributed by atoms with van der Waals surface area (Å²) in [6, 6.07) is 9.85. The lowest BCUT2D eigenvalue weighted by molar-refractivity contribution is -0.153. The Kier molecular flexibility index (Phi) is 7.43. The summed E-state index contributed by atoms with van der Waals surface area (Å²) in [6.07, 6.45) is 4.06. The highest BCUT2D eigenvalue weighted by atomic mass is 16.6. The van der Waals surface area contributed by atoms with Gasteiger partial charge >= 0.3 is 5.97 Å². The normalized spacial score (nSPS) is 15.6. The average Bonchev–Trinajstić information content (AvgIpc) is 3.64. The van der Waals surface area contributed by atoms with Gasteiger partial charge < -0.3 is 24.0 Å². The van der Waals surface area contributed by atoms with E-state index >= 15 is 0 Å². The van der Waals surface area contributed by atoms with Gasteiger partial charge in [0.05, 0.1) is 32.2 Å². The summed E-state index contributed by atoms with van der Waals surface area (Å²) in [4.78, 5) is 22.0. The zero-order valence-electron chi connectivity index (χ0n) is 22.6. The Morgan fingerprint density at radius 3 is 2.58 bits per heavy atom. The minimum atomic E-state index is -0.589. The lowest BCUT2D eigenvalue weighted by Crippen LogP contribution is -2.38. The molecule has 3 aromatic rings. The molecule has 1 saturated carbocycles. The summed E-state index contributed by atoms with van der Waals surface area (Å²) >= 11 is 0. The van der Waals surface area contributed by atoms with E-state index in [9.17, 15) is 4.79 Å². The molecular formula is C29H35N5O4. The summed E-state index contributed by atoms with van der Waals surface area (Å²) in [5.41, 5.74) is 2.62. The molecule has 0 atom stereocenters. The van der Waals surface area contributed by atoms with Crippen LogP contribution in [-0.2, 0) is 20.8 Å². The van der Waals surface area contributed by atoms with Crippen LogP contribution in [0.4, 0.5) is 11.5 Å². The SMILES string of the molecule is COc1ccc(CN(CC(=O)OC(C)(C)C)c2cc(N3CCOCC3)nn3c(C#CC4CC4)cnc23)cc1. The van der Waals surface area contributed by atoms with Crippen LogP contribution in [0.1, 0.15) is 44.9 Å². The number of ether oxygens (including phenoxy) is 3. The molecule has 38 heavy (non-hydrogen) atoms. The van der Waals surface area contributed by atoms with Gasteiger partial charge in [-0.25, -0.2) is 9.50 Å². The molecular weight excluding hydrogens is 482 g/mol. The molecule has 0 unspecified atom stereocenters. The topological polar surface area (TPSA) is 81.4 Å². The molecule has 9 nitrogen and oxygen atoms in total. The van der Waals surface area contributed by atoms with Crippen LogP contribution in [0.15, 0.2) is 36.5 Å². The number of hydrogen-bond acceptors (Lipinski definition) is 8. The third-order valence-corrected chi connectivity index (χ3v) is 6.37. The second-order valence-corrected chi connectivity index (χ2v) is 10.7. The molecule has 0 radical (unpaired) electrons. The molecule has 1 aliphatic carbocycles. The van der Waals surface area contributed by atoms with Crippen LogP contribution in [0.2, 0.25) is 0 Å². The minimum absolute atomic E-state index is 0.0570. The zero-order valence-corrected chi connectivity index (χ0v) is 22.6. The molecule has 0 N–H and O–H groups in total. The lowest BCUT2D eigenvalue weighted by atomic mass is 10.2. The number of carbonyl (C=O) groups excluding carboxylic acids is 1. The van der Waals surface area contributed by atoms with Gasteiger partial charge in [-0.1, -0.05) is 18.1 Å². The van der Waals surface area contributed by atoms with Crippen molar-refractivity contribution >= 4 is 23.1 Å². The summed E-state index contributed by atoms with van der Waals surface area (Å²) in [5.74, 6) is 8.33. The number of carbonyl (C=O) groups is 1. The second-order valence-electron chi connectivity index (χ2n) is 10.7. The van der Waals surface area contributed by atoms with Gasteiger partial charge in [0, 0.05) is 31.6 Å². The van der Waals surface area contributed by atoms with Crippen molar-refractivity contribution in [3.8, 4) is 17.6 Å². The molecule has 1 saturated heterocycles. The van der Waals surface area contributed by atoms with Gasteiger partial charge in [-0.15, -0.1) is 5.10 Å². The van der Waals surface area contributed by atoms with Crippen LogP contribution in [-0.4, -0.2) is 66.1 Å². The van der Waals surface area contributed by atoms with Crippen LogP contribution in [0.5, 0.6) is 5.75 Å². The van der Waals surface area contributed by atoms with Crippen LogP contribution < -0.4 is 14.5 Å². The predicted molar refractivity (Wildman–Crippen MR) is 146 cm³/mol. The maximum absolute atomic E-state index is 13.1. The van der Waals surface area contributed by atoms with E-state index in [2.05, 4.69) is 16.7 Å². The highest BCUT2D eigenvalue weighted by Gasteiger charge is 2.25. The fourth-order valence-corrected chi connectivity index (χ4v) is 4.32. The van der Waals surface area contributed by atoms with Crippen LogP contribution in [0, 0.1) is 17.8 Å². The Bertz CT molecular complexity index is 1340. The van der Waals surface area contributed by atoms with Crippen molar-refractivity contribution in [2.24, 2.45) is 5.92 Å². The summed E-state index contributed by atoms with van der Waals surface area (Å²) < 4.78 is 18.4. The largest absolute Gasteiger partial charge is 0.497 e. The van der Waals surface area contributed by atoms with Gasteiger partial charge in [-0.2, -0.15) is 0 Å². The fraction of sp³-hybridized carbons (Fsp3) is 0.483. The van der Waals surface area contributed by atoms with E-state index in [0.29, 0.717) is 31.3 Å². The van der Waals surface area contributed by atoms with Crippen molar-refractivity contribution in [3.05, 3.63) is 47.8 Å². The Hall–Kier alpha value is -3.77. The van der Waals surface area contributed by atoms with E-state index in [0.717, 1.165) is 54.4 Å². The number of morpholine rings is 1. The van der Waals surface area contributed by atoms with Crippen molar-refractivity contribution in [1.82, 2.24) is 14.6 Å². The number of benzene rings is 1. The first-order valence-electron chi connectivity index (χ1n) is 13.1. The van der Waals surface area contributed by atoms with E-state index in [-0.39, 0.29) is 12.5 Å². The molecule has 5 rings (SSSR count). The number of fused-ring (bicyclic) bond motifs is 1. The Labute approximate surface area is 223 Å². The van der Waals surface area contributed by atoms with E-state index in [4.69, 9.17) is 24.3 Å². The third kappa shape index (κ3) is 6.37.